The van der Waals surface area contributed by atoms with E-state index in [1.807, 2.05) is 13.8 Å². The van der Waals surface area contributed by atoms with Crippen LogP contribution in [0.1, 0.15) is 24.2 Å². The number of ether oxygens (including phenoxy) is 2. The highest BCUT2D eigenvalue weighted by Gasteiger charge is 2.11. The van der Waals surface area contributed by atoms with E-state index in [1.165, 1.54) is 14.2 Å². The minimum atomic E-state index is -0.360. The van der Waals surface area contributed by atoms with Gasteiger partial charge in [0, 0.05) is 17.7 Å². The number of carbonyl (C=O) groups excluding carboxylic acids is 2. The van der Waals surface area contributed by atoms with Crippen molar-refractivity contribution in [2.24, 2.45) is 0 Å². The second kappa shape index (κ2) is 7.37. The molecule has 0 heterocycles. The molecule has 0 fully saturated rings. The Morgan fingerprint density at radius 2 is 1.65 bits per heavy atom. The van der Waals surface area contributed by atoms with Gasteiger partial charge in [-0.15, -0.1) is 0 Å². The molecular weight excluding hydrogens is 260 g/mol. The van der Waals surface area contributed by atoms with Gasteiger partial charge in [0.1, 0.15) is 11.5 Å². The number of methoxy groups -OCH3 is 2. The van der Waals surface area contributed by atoms with E-state index in [4.69, 9.17) is 9.47 Å². The van der Waals surface area contributed by atoms with Crippen LogP contribution in [0.3, 0.4) is 0 Å². The van der Waals surface area contributed by atoms with Crippen LogP contribution in [-0.4, -0.2) is 38.6 Å². The lowest BCUT2D eigenvalue weighted by Crippen LogP contribution is -2.39. The molecule has 1 aromatic rings. The van der Waals surface area contributed by atoms with Gasteiger partial charge in [0.05, 0.1) is 20.8 Å². The normalized spacial score (nSPS) is 10.1. The Morgan fingerprint density at radius 3 is 2.10 bits per heavy atom. The fourth-order valence-electron chi connectivity index (χ4n) is 1.57. The molecule has 0 radical (unpaired) electrons. The highest BCUT2D eigenvalue weighted by atomic mass is 16.5. The Bertz CT molecular complexity index is 464. The zero-order valence-electron chi connectivity index (χ0n) is 12.1. The molecular formula is C14H20N2O4. The van der Waals surface area contributed by atoms with Crippen molar-refractivity contribution >= 4 is 11.8 Å². The number of amides is 2. The van der Waals surface area contributed by atoms with Crippen LogP contribution >= 0.6 is 0 Å². The molecule has 0 aliphatic rings. The summed E-state index contributed by atoms with van der Waals surface area (Å²) in [5.74, 6) is 0.437. The largest absolute Gasteiger partial charge is 0.497 e. The number of carbonyl (C=O) groups is 2. The van der Waals surface area contributed by atoms with E-state index in [-0.39, 0.29) is 24.4 Å². The predicted octanol–water partition coefficient (Wildman–Crippen LogP) is 0.958. The van der Waals surface area contributed by atoms with E-state index in [9.17, 15) is 9.59 Å². The minimum Gasteiger partial charge on any atom is -0.497 e. The molecule has 0 bridgehead atoms. The lowest BCUT2D eigenvalue weighted by atomic mass is 10.2. The summed E-state index contributed by atoms with van der Waals surface area (Å²) in [5.41, 5.74) is 0.374. The Morgan fingerprint density at radius 1 is 1.10 bits per heavy atom. The van der Waals surface area contributed by atoms with Crippen LogP contribution in [0.4, 0.5) is 0 Å². The zero-order chi connectivity index (χ0) is 15.1. The van der Waals surface area contributed by atoms with Gasteiger partial charge in [0.25, 0.3) is 5.91 Å². The number of nitrogens with one attached hydrogen (secondary N) is 2. The van der Waals surface area contributed by atoms with Crippen molar-refractivity contribution in [3.8, 4) is 11.5 Å². The molecule has 2 N–H and O–H groups in total. The van der Waals surface area contributed by atoms with Gasteiger partial charge >= 0.3 is 0 Å². The molecule has 0 spiro atoms. The maximum atomic E-state index is 12.0. The Balaban J connectivity index is 2.69. The molecule has 1 rings (SSSR count). The molecule has 0 saturated carbocycles. The van der Waals surface area contributed by atoms with E-state index in [0.717, 1.165) is 0 Å². The molecule has 6 nitrogen and oxygen atoms in total. The number of hydrogen-bond acceptors (Lipinski definition) is 4. The van der Waals surface area contributed by atoms with Gasteiger partial charge < -0.3 is 20.1 Å². The molecule has 20 heavy (non-hydrogen) atoms. The van der Waals surface area contributed by atoms with E-state index >= 15 is 0 Å². The smallest absolute Gasteiger partial charge is 0.251 e. The molecule has 6 heteroatoms. The van der Waals surface area contributed by atoms with Gasteiger partial charge in [-0.3, -0.25) is 9.59 Å². The maximum Gasteiger partial charge on any atom is 0.251 e. The summed E-state index contributed by atoms with van der Waals surface area (Å²) < 4.78 is 10.2. The van der Waals surface area contributed by atoms with Crippen molar-refractivity contribution in [3.05, 3.63) is 23.8 Å². The molecule has 0 aromatic heterocycles. The average Bonchev–Trinajstić information content (AvgIpc) is 2.43. The van der Waals surface area contributed by atoms with Crippen molar-refractivity contribution in [1.29, 1.82) is 0 Å². The first kappa shape index (κ1) is 15.8. The second-order valence-electron chi connectivity index (χ2n) is 4.51. The summed E-state index contributed by atoms with van der Waals surface area (Å²) in [7, 11) is 3.01. The van der Waals surface area contributed by atoms with Gasteiger partial charge in [-0.25, -0.2) is 0 Å². The Labute approximate surface area is 118 Å². The van der Waals surface area contributed by atoms with E-state index in [1.54, 1.807) is 18.2 Å². The highest BCUT2D eigenvalue weighted by molar-refractivity contribution is 5.97. The van der Waals surface area contributed by atoms with Crippen LogP contribution in [0.15, 0.2) is 18.2 Å². The number of benzene rings is 1. The molecule has 0 aliphatic heterocycles. The molecule has 0 unspecified atom stereocenters. The van der Waals surface area contributed by atoms with Gasteiger partial charge in [-0.2, -0.15) is 0 Å². The molecule has 1 aromatic carbocycles. The average molecular weight is 280 g/mol. The number of hydrogen-bond donors (Lipinski definition) is 2. The summed E-state index contributed by atoms with van der Waals surface area (Å²) in [6.07, 6.45) is 0. The Kier molecular flexibility index (Phi) is 5.83. The topological polar surface area (TPSA) is 76.7 Å². The first-order chi connectivity index (χ1) is 9.46. The zero-order valence-corrected chi connectivity index (χ0v) is 12.1. The van der Waals surface area contributed by atoms with Crippen molar-refractivity contribution < 1.29 is 19.1 Å². The first-order valence-electron chi connectivity index (χ1n) is 6.27. The van der Waals surface area contributed by atoms with Crippen LogP contribution in [-0.2, 0) is 4.79 Å². The van der Waals surface area contributed by atoms with Crippen molar-refractivity contribution in [1.82, 2.24) is 10.6 Å². The highest BCUT2D eigenvalue weighted by Crippen LogP contribution is 2.22. The second-order valence-corrected chi connectivity index (χ2v) is 4.51. The van der Waals surface area contributed by atoms with Crippen LogP contribution in [0, 0.1) is 0 Å². The van der Waals surface area contributed by atoms with E-state index in [0.29, 0.717) is 17.1 Å². The van der Waals surface area contributed by atoms with Gasteiger partial charge in [-0.05, 0) is 26.0 Å². The predicted molar refractivity (Wildman–Crippen MR) is 75.2 cm³/mol. The minimum absolute atomic E-state index is 0.0383. The molecule has 0 atom stereocenters. The number of rotatable bonds is 6. The Hall–Kier alpha value is -2.24. The van der Waals surface area contributed by atoms with Gasteiger partial charge in [-0.1, -0.05) is 0 Å². The first-order valence-corrected chi connectivity index (χ1v) is 6.27. The summed E-state index contributed by atoms with van der Waals surface area (Å²) in [5, 5.41) is 5.24. The third kappa shape index (κ3) is 4.79. The van der Waals surface area contributed by atoms with Crippen LogP contribution in [0.2, 0.25) is 0 Å². The lowest BCUT2D eigenvalue weighted by Gasteiger charge is -2.10. The monoisotopic (exact) mass is 280 g/mol. The maximum absolute atomic E-state index is 12.0. The third-order valence-electron chi connectivity index (χ3n) is 2.47. The standard InChI is InChI=1S/C14H20N2O4/c1-9(2)16-13(17)8-15-14(18)10-5-11(19-3)7-12(6-10)20-4/h5-7,9H,8H2,1-4H3,(H,15,18)(H,16,17). The molecule has 110 valence electrons. The summed E-state index contributed by atoms with van der Waals surface area (Å²) >= 11 is 0. The summed E-state index contributed by atoms with van der Waals surface area (Å²) in [6, 6.07) is 4.87. The van der Waals surface area contributed by atoms with Crippen molar-refractivity contribution in [2.45, 2.75) is 19.9 Å². The SMILES string of the molecule is COc1cc(OC)cc(C(=O)NCC(=O)NC(C)C)c1. The van der Waals surface area contributed by atoms with E-state index < -0.39 is 0 Å². The third-order valence-corrected chi connectivity index (χ3v) is 2.47. The summed E-state index contributed by atoms with van der Waals surface area (Å²) in [6.45, 7) is 3.63. The van der Waals surface area contributed by atoms with Gasteiger partial charge in [0.15, 0.2) is 0 Å². The fraction of sp³-hybridized carbons (Fsp3) is 0.429. The van der Waals surface area contributed by atoms with Crippen LogP contribution < -0.4 is 20.1 Å². The molecule has 2 amide bonds. The van der Waals surface area contributed by atoms with Gasteiger partial charge in [0.2, 0.25) is 5.91 Å². The quantitative estimate of drug-likeness (QED) is 0.813. The molecule has 0 aliphatic carbocycles. The van der Waals surface area contributed by atoms with Crippen molar-refractivity contribution in [2.75, 3.05) is 20.8 Å². The fourth-order valence-corrected chi connectivity index (χ4v) is 1.57. The summed E-state index contributed by atoms with van der Waals surface area (Å²) in [4.78, 5) is 23.4. The molecule has 0 saturated heterocycles. The van der Waals surface area contributed by atoms with Crippen molar-refractivity contribution in [3.63, 3.8) is 0 Å². The van der Waals surface area contributed by atoms with Crippen LogP contribution in [0.25, 0.3) is 0 Å². The van der Waals surface area contributed by atoms with Crippen LogP contribution in [0.5, 0.6) is 11.5 Å². The lowest BCUT2D eigenvalue weighted by molar-refractivity contribution is -0.120. The van der Waals surface area contributed by atoms with E-state index in [2.05, 4.69) is 10.6 Å².